The Morgan fingerprint density at radius 2 is 1.61 bits per heavy atom. The van der Waals surface area contributed by atoms with Crippen LogP contribution in [0.1, 0.15) is 29.0 Å². The minimum atomic E-state index is -0.201. The van der Waals surface area contributed by atoms with Crippen LogP contribution < -0.4 is 10.1 Å². The molecule has 0 bridgehead atoms. The minimum Gasteiger partial charge on any atom is -0.489 e. The Bertz CT molecular complexity index is 1190. The third kappa shape index (κ3) is 5.41. The van der Waals surface area contributed by atoms with Crippen molar-refractivity contribution in [1.29, 1.82) is 0 Å². The Hall–Kier alpha value is -3.21. The lowest BCUT2D eigenvalue weighted by atomic mass is 9.88. The second kappa shape index (κ2) is 10.2. The van der Waals surface area contributed by atoms with Crippen molar-refractivity contribution in [2.45, 2.75) is 31.7 Å². The Labute approximate surface area is 194 Å². The largest absolute Gasteiger partial charge is 0.489 e. The highest BCUT2D eigenvalue weighted by Crippen LogP contribution is 2.29. The van der Waals surface area contributed by atoms with Crippen molar-refractivity contribution in [1.82, 2.24) is 5.32 Å². The monoisotopic (exact) mass is 441 g/mol. The lowest BCUT2D eigenvalue weighted by molar-refractivity contribution is 0.0106. The van der Waals surface area contributed by atoms with Crippen molar-refractivity contribution < 1.29 is 13.9 Å². The molecule has 0 aromatic heterocycles. The van der Waals surface area contributed by atoms with Crippen molar-refractivity contribution in [3.63, 3.8) is 0 Å². The fourth-order valence-corrected chi connectivity index (χ4v) is 4.49. The summed E-state index contributed by atoms with van der Waals surface area (Å²) in [5.41, 5.74) is 3.42. The summed E-state index contributed by atoms with van der Waals surface area (Å²) < 4.78 is 25.7. The molecule has 33 heavy (non-hydrogen) atoms. The van der Waals surface area contributed by atoms with Gasteiger partial charge >= 0.3 is 0 Å². The average Bonchev–Trinajstić information content (AvgIpc) is 2.87. The van der Waals surface area contributed by atoms with E-state index in [-0.39, 0.29) is 17.8 Å². The lowest BCUT2D eigenvalue weighted by Gasteiger charge is -2.32. The van der Waals surface area contributed by atoms with E-state index in [1.165, 1.54) is 17.5 Å². The van der Waals surface area contributed by atoms with Gasteiger partial charge in [0.1, 0.15) is 18.2 Å². The molecule has 0 aliphatic carbocycles. The van der Waals surface area contributed by atoms with Gasteiger partial charge in [0.2, 0.25) is 0 Å². The van der Waals surface area contributed by atoms with Gasteiger partial charge in [-0.2, -0.15) is 0 Å². The second-order valence-corrected chi connectivity index (χ2v) is 8.62. The normalized spacial score (nSPS) is 18.3. The molecule has 2 unspecified atom stereocenters. The number of piperidine rings is 1. The lowest BCUT2D eigenvalue weighted by Crippen LogP contribution is -2.40. The van der Waals surface area contributed by atoms with Crippen molar-refractivity contribution in [2.75, 3.05) is 13.1 Å². The Kier molecular flexibility index (Phi) is 6.66. The molecule has 1 aliphatic heterocycles. The molecule has 1 aliphatic rings. The molecule has 4 aromatic carbocycles. The van der Waals surface area contributed by atoms with Crippen LogP contribution in [0.4, 0.5) is 4.39 Å². The SMILES string of the molecule is Fc1ccc(C2CCNCC2OCc2ccc3ccc(OCc4ccccc4)cc3c2)cc1. The van der Waals surface area contributed by atoms with Crippen LogP contribution in [0.2, 0.25) is 0 Å². The molecule has 3 nitrogen and oxygen atoms in total. The van der Waals surface area contributed by atoms with Gasteiger partial charge in [-0.15, -0.1) is 0 Å². The summed E-state index contributed by atoms with van der Waals surface area (Å²) in [6, 6.07) is 29.6. The zero-order valence-electron chi connectivity index (χ0n) is 18.5. The van der Waals surface area contributed by atoms with E-state index in [0.717, 1.165) is 47.3 Å². The first-order valence-corrected chi connectivity index (χ1v) is 11.5. The van der Waals surface area contributed by atoms with Gasteiger partial charge in [0.05, 0.1) is 12.7 Å². The molecule has 0 radical (unpaired) electrons. The summed E-state index contributed by atoms with van der Waals surface area (Å²) in [5.74, 6) is 0.927. The molecular formula is C29H28FNO2. The quantitative estimate of drug-likeness (QED) is 0.369. The third-order valence-corrected chi connectivity index (χ3v) is 6.31. The molecule has 1 heterocycles. The summed E-state index contributed by atoms with van der Waals surface area (Å²) in [5, 5.41) is 5.74. The van der Waals surface area contributed by atoms with Gasteiger partial charge in [-0.25, -0.2) is 4.39 Å². The molecule has 1 fully saturated rings. The molecule has 1 N–H and O–H groups in total. The summed E-state index contributed by atoms with van der Waals surface area (Å²) in [4.78, 5) is 0. The first kappa shape index (κ1) is 21.6. The van der Waals surface area contributed by atoms with E-state index in [9.17, 15) is 4.39 Å². The molecule has 4 aromatic rings. The summed E-state index contributed by atoms with van der Waals surface area (Å²) in [6.07, 6.45) is 1.04. The van der Waals surface area contributed by atoms with E-state index < -0.39 is 0 Å². The van der Waals surface area contributed by atoms with Gasteiger partial charge in [-0.3, -0.25) is 0 Å². The van der Waals surface area contributed by atoms with Gasteiger partial charge < -0.3 is 14.8 Å². The highest BCUT2D eigenvalue weighted by molar-refractivity contribution is 5.84. The van der Waals surface area contributed by atoms with Crippen LogP contribution in [-0.4, -0.2) is 19.2 Å². The summed E-state index contributed by atoms with van der Waals surface area (Å²) in [7, 11) is 0. The molecule has 2 atom stereocenters. The van der Waals surface area contributed by atoms with Crippen LogP contribution >= 0.6 is 0 Å². The fourth-order valence-electron chi connectivity index (χ4n) is 4.49. The maximum absolute atomic E-state index is 13.4. The zero-order chi connectivity index (χ0) is 22.5. The number of halogens is 1. The van der Waals surface area contributed by atoms with E-state index in [2.05, 4.69) is 47.8 Å². The Balaban J connectivity index is 1.26. The van der Waals surface area contributed by atoms with Crippen LogP contribution in [0.25, 0.3) is 10.8 Å². The topological polar surface area (TPSA) is 30.5 Å². The molecule has 1 saturated heterocycles. The molecule has 4 heteroatoms. The summed E-state index contributed by atoms with van der Waals surface area (Å²) in [6.45, 7) is 2.83. The van der Waals surface area contributed by atoms with Crippen molar-refractivity contribution in [3.05, 3.63) is 114 Å². The van der Waals surface area contributed by atoms with Gasteiger partial charge in [-0.05, 0) is 70.8 Å². The molecule has 0 saturated carbocycles. The van der Waals surface area contributed by atoms with Crippen LogP contribution in [0.5, 0.6) is 5.75 Å². The maximum atomic E-state index is 13.4. The molecular weight excluding hydrogens is 413 g/mol. The fraction of sp³-hybridized carbons (Fsp3) is 0.241. The molecule has 168 valence electrons. The molecule has 0 amide bonds. The number of hydrogen-bond acceptors (Lipinski definition) is 3. The van der Waals surface area contributed by atoms with E-state index in [4.69, 9.17) is 9.47 Å². The Morgan fingerprint density at radius 3 is 2.45 bits per heavy atom. The second-order valence-electron chi connectivity index (χ2n) is 8.62. The van der Waals surface area contributed by atoms with E-state index in [1.54, 1.807) is 0 Å². The van der Waals surface area contributed by atoms with Crippen LogP contribution in [-0.2, 0) is 18.0 Å². The highest BCUT2D eigenvalue weighted by atomic mass is 19.1. The number of ether oxygens (including phenoxy) is 2. The first-order chi connectivity index (χ1) is 16.2. The highest BCUT2D eigenvalue weighted by Gasteiger charge is 2.27. The number of hydrogen-bond donors (Lipinski definition) is 1. The van der Waals surface area contributed by atoms with Gasteiger partial charge in [0, 0.05) is 12.5 Å². The minimum absolute atomic E-state index is 0.0560. The van der Waals surface area contributed by atoms with E-state index >= 15 is 0 Å². The zero-order valence-corrected chi connectivity index (χ0v) is 18.5. The van der Waals surface area contributed by atoms with Crippen LogP contribution in [0, 0.1) is 5.82 Å². The van der Waals surface area contributed by atoms with Crippen LogP contribution in [0.15, 0.2) is 91.0 Å². The predicted molar refractivity (Wildman–Crippen MR) is 130 cm³/mol. The van der Waals surface area contributed by atoms with Crippen molar-refractivity contribution >= 4 is 10.8 Å². The first-order valence-electron chi connectivity index (χ1n) is 11.5. The smallest absolute Gasteiger partial charge is 0.123 e. The maximum Gasteiger partial charge on any atom is 0.123 e. The van der Waals surface area contributed by atoms with E-state index in [0.29, 0.717) is 13.2 Å². The van der Waals surface area contributed by atoms with Gasteiger partial charge in [0.25, 0.3) is 0 Å². The van der Waals surface area contributed by atoms with Crippen molar-refractivity contribution in [2.24, 2.45) is 0 Å². The summed E-state index contributed by atoms with van der Waals surface area (Å²) >= 11 is 0. The number of rotatable bonds is 7. The number of fused-ring (bicyclic) bond motifs is 1. The van der Waals surface area contributed by atoms with Gasteiger partial charge in [-0.1, -0.05) is 60.7 Å². The van der Waals surface area contributed by atoms with Crippen molar-refractivity contribution in [3.8, 4) is 5.75 Å². The predicted octanol–water partition coefficient (Wildman–Crippen LogP) is 6.22. The number of nitrogens with one attached hydrogen (secondary N) is 1. The van der Waals surface area contributed by atoms with E-state index in [1.807, 2.05) is 36.4 Å². The number of benzene rings is 4. The molecule has 5 rings (SSSR count). The van der Waals surface area contributed by atoms with Crippen LogP contribution in [0.3, 0.4) is 0 Å². The third-order valence-electron chi connectivity index (χ3n) is 6.31. The molecule has 0 spiro atoms. The standard InChI is InChI=1S/C29H28FNO2/c30-26-11-8-24(9-12-26)28-14-15-31-18-29(28)33-20-22-6-7-23-10-13-27(17-25(23)16-22)32-19-21-4-2-1-3-5-21/h1-13,16-17,28-29,31H,14-15,18-20H2. The Morgan fingerprint density at radius 1 is 0.788 bits per heavy atom. The average molecular weight is 442 g/mol. The van der Waals surface area contributed by atoms with Gasteiger partial charge in [0.15, 0.2) is 0 Å².